The Morgan fingerprint density at radius 2 is 1.86 bits per heavy atom. The minimum atomic E-state index is -0.153. The quantitative estimate of drug-likeness (QED) is 0.674. The van der Waals surface area contributed by atoms with Gasteiger partial charge < -0.3 is 9.80 Å². The van der Waals surface area contributed by atoms with Crippen LogP contribution in [0.15, 0.2) is 60.8 Å². The molecule has 2 fully saturated rings. The number of aryl methyl sites for hydroxylation is 1. The van der Waals surface area contributed by atoms with E-state index in [0.717, 1.165) is 28.6 Å². The maximum Gasteiger partial charge on any atom is 0.255 e. The van der Waals surface area contributed by atoms with Gasteiger partial charge in [0, 0.05) is 48.7 Å². The lowest BCUT2D eigenvalue weighted by molar-refractivity contribution is -0.117. The van der Waals surface area contributed by atoms with Crippen LogP contribution >= 0.6 is 0 Å². The van der Waals surface area contributed by atoms with E-state index in [0.29, 0.717) is 31.6 Å². The molecule has 2 aromatic carbocycles. The maximum atomic E-state index is 13.1. The minimum absolute atomic E-state index is 0.00178. The van der Waals surface area contributed by atoms with Crippen molar-refractivity contribution in [3.8, 4) is 0 Å². The van der Waals surface area contributed by atoms with Crippen molar-refractivity contribution in [1.29, 1.82) is 0 Å². The third-order valence-electron chi connectivity index (χ3n) is 6.29. The second-order valence-corrected chi connectivity index (χ2v) is 8.34. The SMILES string of the molecule is Cc1ccccc1N1C[C@]2(CCN(C(=O)c3cnc4ccccc4c3)C2)CC1=O. The summed E-state index contributed by atoms with van der Waals surface area (Å²) in [5, 5.41) is 0.967. The van der Waals surface area contributed by atoms with Crippen molar-refractivity contribution >= 4 is 28.4 Å². The molecule has 5 heteroatoms. The molecule has 146 valence electrons. The summed E-state index contributed by atoms with van der Waals surface area (Å²) in [6, 6.07) is 17.7. The normalized spacial score (nSPS) is 21.5. The van der Waals surface area contributed by atoms with Crippen LogP contribution in [0.2, 0.25) is 0 Å². The standard InChI is InChI=1S/C24H23N3O2/c1-17-6-2-5-9-21(17)27-16-24(13-22(27)28)10-11-26(15-24)23(29)19-12-18-7-3-4-8-20(18)25-14-19/h2-9,12,14H,10-11,13,15-16H2,1H3/t24-/m1/s1. The molecule has 2 aliphatic rings. The predicted octanol–water partition coefficient (Wildman–Crippen LogP) is 3.81. The molecule has 1 aromatic heterocycles. The number of nitrogens with zero attached hydrogens (tertiary/aromatic N) is 3. The highest BCUT2D eigenvalue weighted by molar-refractivity contribution is 5.99. The van der Waals surface area contributed by atoms with E-state index in [1.54, 1.807) is 6.20 Å². The Morgan fingerprint density at radius 1 is 1.07 bits per heavy atom. The van der Waals surface area contributed by atoms with E-state index >= 15 is 0 Å². The predicted molar refractivity (Wildman–Crippen MR) is 113 cm³/mol. The highest BCUT2D eigenvalue weighted by atomic mass is 16.2. The highest BCUT2D eigenvalue weighted by Gasteiger charge is 2.49. The topological polar surface area (TPSA) is 53.5 Å². The first kappa shape index (κ1) is 17.9. The lowest BCUT2D eigenvalue weighted by Crippen LogP contribution is -2.34. The van der Waals surface area contributed by atoms with E-state index in [9.17, 15) is 9.59 Å². The zero-order valence-electron chi connectivity index (χ0n) is 16.5. The van der Waals surface area contributed by atoms with Gasteiger partial charge in [0.2, 0.25) is 5.91 Å². The van der Waals surface area contributed by atoms with Gasteiger partial charge in [-0.15, -0.1) is 0 Å². The van der Waals surface area contributed by atoms with Crippen LogP contribution in [0.4, 0.5) is 5.69 Å². The van der Waals surface area contributed by atoms with Crippen LogP contribution < -0.4 is 4.90 Å². The van der Waals surface area contributed by atoms with E-state index in [4.69, 9.17) is 0 Å². The van der Waals surface area contributed by atoms with Crippen LogP contribution in [-0.2, 0) is 4.79 Å². The van der Waals surface area contributed by atoms with Gasteiger partial charge in [-0.25, -0.2) is 0 Å². The second-order valence-electron chi connectivity index (χ2n) is 8.34. The lowest BCUT2D eigenvalue weighted by Gasteiger charge is -2.25. The number of fused-ring (bicyclic) bond motifs is 1. The third-order valence-corrected chi connectivity index (χ3v) is 6.29. The molecule has 3 heterocycles. The fourth-order valence-corrected chi connectivity index (χ4v) is 4.73. The molecule has 0 saturated carbocycles. The molecule has 1 spiro atoms. The van der Waals surface area contributed by atoms with Gasteiger partial charge in [0.05, 0.1) is 11.1 Å². The van der Waals surface area contributed by atoms with Crippen molar-refractivity contribution in [2.24, 2.45) is 5.41 Å². The van der Waals surface area contributed by atoms with Crippen LogP contribution in [0.3, 0.4) is 0 Å². The number of rotatable bonds is 2. The van der Waals surface area contributed by atoms with Crippen molar-refractivity contribution in [3.05, 3.63) is 71.9 Å². The molecule has 5 nitrogen and oxygen atoms in total. The van der Waals surface area contributed by atoms with Crippen molar-refractivity contribution in [2.75, 3.05) is 24.5 Å². The van der Waals surface area contributed by atoms with E-state index < -0.39 is 0 Å². The molecule has 2 saturated heterocycles. The molecule has 3 aromatic rings. The molecular weight excluding hydrogens is 362 g/mol. The number of pyridine rings is 1. The summed E-state index contributed by atoms with van der Waals surface area (Å²) in [5.41, 5.74) is 3.43. The molecule has 0 N–H and O–H groups in total. The van der Waals surface area contributed by atoms with Crippen LogP contribution in [0.1, 0.15) is 28.8 Å². The number of para-hydroxylation sites is 2. The average Bonchev–Trinajstić information content (AvgIpc) is 3.30. The van der Waals surface area contributed by atoms with Gasteiger partial charge in [-0.1, -0.05) is 36.4 Å². The second kappa shape index (κ2) is 6.69. The Kier molecular flexibility index (Phi) is 4.12. The van der Waals surface area contributed by atoms with E-state index in [-0.39, 0.29) is 17.2 Å². The summed E-state index contributed by atoms with van der Waals surface area (Å²) in [6.07, 6.45) is 3.02. The van der Waals surface area contributed by atoms with Gasteiger partial charge >= 0.3 is 0 Å². The molecule has 0 radical (unpaired) electrons. The molecule has 2 amide bonds. The third kappa shape index (κ3) is 3.07. The van der Waals surface area contributed by atoms with Gasteiger partial charge in [0.15, 0.2) is 0 Å². The molecule has 5 rings (SSSR count). The molecule has 1 atom stereocenters. The number of benzene rings is 2. The number of hydrogen-bond acceptors (Lipinski definition) is 3. The summed E-state index contributed by atoms with van der Waals surface area (Å²) in [5.74, 6) is 0.155. The van der Waals surface area contributed by atoms with Gasteiger partial charge in [0.25, 0.3) is 5.91 Å². The van der Waals surface area contributed by atoms with Crippen molar-refractivity contribution in [2.45, 2.75) is 19.8 Å². The Balaban J connectivity index is 1.36. The van der Waals surface area contributed by atoms with Crippen LogP contribution in [0.5, 0.6) is 0 Å². The van der Waals surface area contributed by atoms with Gasteiger partial charge in [0.1, 0.15) is 0 Å². The van der Waals surface area contributed by atoms with Gasteiger partial charge in [-0.3, -0.25) is 14.6 Å². The highest BCUT2D eigenvalue weighted by Crippen LogP contribution is 2.42. The first-order valence-corrected chi connectivity index (χ1v) is 10.0. The van der Waals surface area contributed by atoms with E-state index in [1.165, 1.54) is 0 Å². The Hall–Kier alpha value is -3.21. The monoisotopic (exact) mass is 385 g/mol. The van der Waals surface area contributed by atoms with Crippen molar-refractivity contribution < 1.29 is 9.59 Å². The van der Waals surface area contributed by atoms with Crippen LogP contribution in [-0.4, -0.2) is 41.3 Å². The first-order chi connectivity index (χ1) is 14.0. The summed E-state index contributed by atoms with van der Waals surface area (Å²) in [4.78, 5) is 34.1. The smallest absolute Gasteiger partial charge is 0.255 e. The van der Waals surface area contributed by atoms with E-state index in [2.05, 4.69) is 4.98 Å². The van der Waals surface area contributed by atoms with E-state index in [1.807, 2.05) is 71.3 Å². The fraction of sp³-hybridized carbons (Fsp3) is 0.292. The number of aromatic nitrogens is 1. The largest absolute Gasteiger partial charge is 0.338 e. The Morgan fingerprint density at radius 3 is 2.72 bits per heavy atom. The summed E-state index contributed by atoms with van der Waals surface area (Å²) in [7, 11) is 0. The fourth-order valence-electron chi connectivity index (χ4n) is 4.73. The van der Waals surface area contributed by atoms with Crippen LogP contribution in [0.25, 0.3) is 10.9 Å². The number of likely N-dealkylation sites (tertiary alicyclic amines) is 1. The molecule has 0 unspecified atom stereocenters. The summed E-state index contributed by atoms with van der Waals surface area (Å²) in [6.45, 7) is 4.01. The first-order valence-electron chi connectivity index (χ1n) is 10.0. The zero-order valence-corrected chi connectivity index (χ0v) is 16.5. The summed E-state index contributed by atoms with van der Waals surface area (Å²) >= 11 is 0. The number of carbonyl (C=O) groups excluding carboxylic acids is 2. The number of carbonyl (C=O) groups is 2. The van der Waals surface area contributed by atoms with Gasteiger partial charge in [-0.2, -0.15) is 0 Å². The Bertz CT molecular complexity index is 1130. The zero-order chi connectivity index (χ0) is 20.0. The molecular formula is C24H23N3O2. The molecule has 0 bridgehead atoms. The molecule has 2 aliphatic heterocycles. The average molecular weight is 385 g/mol. The van der Waals surface area contributed by atoms with Gasteiger partial charge in [-0.05, 0) is 37.1 Å². The van der Waals surface area contributed by atoms with Crippen molar-refractivity contribution in [3.63, 3.8) is 0 Å². The molecule has 29 heavy (non-hydrogen) atoms. The maximum absolute atomic E-state index is 13.1. The lowest BCUT2D eigenvalue weighted by atomic mass is 9.86. The number of hydrogen-bond donors (Lipinski definition) is 0. The Labute approximate surface area is 170 Å². The number of amides is 2. The molecule has 0 aliphatic carbocycles. The summed E-state index contributed by atoms with van der Waals surface area (Å²) < 4.78 is 0. The number of anilines is 1. The van der Waals surface area contributed by atoms with Crippen molar-refractivity contribution in [1.82, 2.24) is 9.88 Å². The minimum Gasteiger partial charge on any atom is -0.338 e. The van der Waals surface area contributed by atoms with Crippen LogP contribution in [0, 0.1) is 12.3 Å².